The van der Waals surface area contributed by atoms with Crippen LogP contribution in [0.25, 0.3) is 22.0 Å². The summed E-state index contributed by atoms with van der Waals surface area (Å²) in [6.07, 6.45) is 6.75. The highest BCUT2D eigenvalue weighted by molar-refractivity contribution is 6.41. The SMILES string of the molecule is COC1C=CC(Cl)=CN1c1ccc(Cl)c(-c2ccc3nc(N)ncc3c2)c1Cl. The average Bonchev–Trinajstić information content (AvgIpc) is 2.68. The van der Waals surface area contributed by atoms with Crippen LogP contribution < -0.4 is 10.6 Å². The summed E-state index contributed by atoms with van der Waals surface area (Å²) in [7, 11) is 1.62. The highest BCUT2D eigenvalue weighted by atomic mass is 35.5. The van der Waals surface area contributed by atoms with E-state index in [0.717, 1.165) is 22.2 Å². The third-order valence-corrected chi connectivity index (χ3v) is 5.36. The molecule has 0 radical (unpaired) electrons. The molecule has 2 heterocycles. The standard InChI is InChI=1S/C20H15Cl3N4O/c1-28-17-7-3-13(21)10-27(17)16-6-4-14(22)18(19(16)23)11-2-5-15-12(8-11)9-25-20(24)26-15/h2-10,17H,1H3,(H2,24,25,26). The van der Waals surface area contributed by atoms with E-state index in [1.165, 1.54) is 0 Å². The van der Waals surface area contributed by atoms with E-state index in [2.05, 4.69) is 9.97 Å². The molecule has 2 N–H and O–H groups in total. The molecular weight excluding hydrogens is 419 g/mol. The van der Waals surface area contributed by atoms with Gasteiger partial charge in [-0.1, -0.05) is 40.9 Å². The number of benzene rings is 2. The fourth-order valence-electron chi connectivity index (χ4n) is 3.12. The summed E-state index contributed by atoms with van der Waals surface area (Å²) >= 11 is 19.5. The van der Waals surface area contributed by atoms with Crippen molar-refractivity contribution in [1.82, 2.24) is 9.97 Å². The molecule has 1 atom stereocenters. The van der Waals surface area contributed by atoms with E-state index in [1.54, 1.807) is 31.6 Å². The number of hydrogen-bond acceptors (Lipinski definition) is 5. The third kappa shape index (κ3) is 3.42. The zero-order valence-electron chi connectivity index (χ0n) is 14.7. The van der Waals surface area contributed by atoms with Crippen molar-refractivity contribution in [2.45, 2.75) is 6.23 Å². The lowest BCUT2D eigenvalue weighted by Crippen LogP contribution is -2.32. The molecular formula is C20H15Cl3N4O. The van der Waals surface area contributed by atoms with Crippen molar-refractivity contribution >= 4 is 57.3 Å². The van der Waals surface area contributed by atoms with Crippen LogP contribution in [0.2, 0.25) is 10.0 Å². The molecule has 3 aromatic rings. The second-order valence-electron chi connectivity index (χ2n) is 6.16. The predicted octanol–water partition coefficient (Wildman–Crippen LogP) is 5.61. The van der Waals surface area contributed by atoms with E-state index in [-0.39, 0.29) is 12.2 Å². The van der Waals surface area contributed by atoms with Crippen LogP contribution >= 0.6 is 34.8 Å². The molecule has 4 rings (SSSR count). The molecule has 142 valence electrons. The highest BCUT2D eigenvalue weighted by Gasteiger charge is 2.23. The van der Waals surface area contributed by atoms with Gasteiger partial charge in [0.25, 0.3) is 0 Å². The van der Waals surface area contributed by atoms with Crippen LogP contribution in [0, 0.1) is 0 Å². The maximum Gasteiger partial charge on any atom is 0.220 e. The summed E-state index contributed by atoms with van der Waals surface area (Å²) in [4.78, 5) is 10.1. The monoisotopic (exact) mass is 432 g/mol. The molecule has 1 aliphatic heterocycles. The van der Waals surface area contributed by atoms with Gasteiger partial charge in [0.1, 0.15) is 0 Å². The highest BCUT2D eigenvalue weighted by Crippen LogP contribution is 2.43. The number of methoxy groups -OCH3 is 1. The number of hydrogen-bond donors (Lipinski definition) is 1. The number of nitrogens with zero attached hydrogens (tertiary/aromatic N) is 3. The zero-order chi connectivity index (χ0) is 19.8. The van der Waals surface area contributed by atoms with Gasteiger partial charge in [0, 0.05) is 30.5 Å². The van der Waals surface area contributed by atoms with Crippen LogP contribution in [-0.2, 0) is 4.74 Å². The van der Waals surface area contributed by atoms with Crippen LogP contribution in [0.1, 0.15) is 0 Å². The average molecular weight is 434 g/mol. The first-order chi connectivity index (χ1) is 13.5. The van der Waals surface area contributed by atoms with E-state index in [9.17, 15) is 0 Å². The lowest BCUT2D eigenvalue weighted by Gasteiger charge is -2.31. The number of nitrogens with two attached hydrogens (primary N) is 1. The van der Waals surface area contributed by atoms with Crippen molar-refractivity contribution in [3.63, 3.8) is 0 Å². The fraction of sp³-hybridized carbons (Fsp3) is 0.100. The van der Waals surface area contributed by atoms with Crippen LogP contribution in [0.4, 0.5) is 11.6 Å². The number of allylic oxidation sites excluding steroid dienone is 2. The van der Waals surface area contributed by atoms with Crippen molar-refractivity contribution in [2.75, 3.05) is 17.7 Å². The van der Waals surface area contributed by atoms with Crippen LogP contribution in [0.3, 0.4) is 0 Å². The summed E-state index contributed by atoms with van der Waals surface area (Å²) in [6.45, 7) is 0. The molecule has 0 aliphatic carbocycles. The molecule has 8 heteroatoms. The minimum atomic E-state index is -0.331. The minimum Gasteiger partial charge on any atom is -0.368 e. The van der Waals surface area contributed by atoms with Crippen molar-refractivity contribution in [3.05, 3.63) is 70.0 Å². The maximum atomic E-state index is 6.80. The summed E-state index contributed by atoms with van der Waals surface area (Å²) in [5.41, 5.74) is 8.67. The number of aromatic nitrogens is 2. The fourth-order valence-corrected chi connectivity index (χ4v) is 3.99. The number of fused-ring (bicyclic) bond motifs is 1. The molecule has 0 spiro atoms. The first-order valence-electron chi connectivity index (χ1n) is 8.35. The Morgan fingerprint density at radius 2 is 1.96 bits per heavy atom. The van der Waals surface area contributed by atoms with E-state index in [1.807, 2.05) is 35.2 Å². The number of halogens is 3. The summed E-state index contributed by atoms with van der Waals surface area (Å²) in [5, 5.41) is 2.42. The van der Waals surface area contributed by atoms with E-state index < -0.39 is 0 Å². The van der Waals surface area contributed by atoms with Gasteiger partial charge < -0.3 is 15.4 Å². The predicted molar refractivity (Wildman–Crippen MR) is 116 cm³/mol. The summed E-state index contributed by atoms with van der Waals surface area (Å²) in [6, 6.07) is 9.33. The van der Waals surface area contributed by atoms with Gasteiger partial charge >= 0.3 is 0 Å². The van der Waals surface area contributed by atoms with Crippen molar-refractivity contribution < 1.29 is 4.74 Å². The molecule has 1 aliphatic rings. The molecule has 1 unspecified atom stereocenters. The lowest BCUT2D eigenvalue weighted by atomic mass is 10.0. The minimum absolute atomic E-state index is 0.228. The Bertz CT molecular complexity index is 1130. The van der Waals surface area contributed by atoms with Gasteiger partial charge in [-0.3, -0.25) is 0 Å². The van der Waals surface area contributed by atoms with Crippen LogP contribution in [0.15, 0.2) is 59.9 Å². The first-order valence-corrected chi connectivity index (χ1v) is 9.48. The lowest BCUT2D eigenvalue weighted by molar-refractivity contribution is 0.144. The largest absolute Gasteiger partial charge is 0.368 e. The number of anilines is 2. The maximum absolute atomic E-state index is 6.80. The molecule has 1 aromatic heterocycles. The van der Waals surface area contributed by atoms with Gasteiger partial charge in [-0.25, -0.2) is 9.97 Å². The Balaban J connectivity index is 1.86. The second-order valence-corrected chi connectivity index (χ2v) is 7.39. The quantitative estimate of drug-likeness (QED) is 0.581. The molecule has 0 bridgehead atoms. The molecule has 2 aromatic carbocycles. The molecule has 28 heavy (non-hydrogen) atoms. The van der Waals surface area contributed by atoms with Gasteiger partial charge in [0.2, 0.25) is 5.95 Å². The Labute approximate surface area is 177 Å². The van der Waals surface area contributed by atoms with Crippen molar-refractivity contribution in [2.24, 2.45) is 0 Å². The number of nitrogen functional groups attached to an aromatic ring is 1. The molecule has 0 saturated carbocycles. The van der Waals surface area contributed by atoms with E-state index in [0.29, 0.717) is 20.6 Å². The van der Waals surface area contributed by atoms with E-state index >= 15 is 0 Å². The van der Waals surface area contributed by atoms with Crippen LogP contribution in [-0.4, -0.2) is 23.3 Å². The van der Waals surface area contributed by atoms with Gasteiger partial charge in [-0.15, -0.1) is 0 Å². The molecule has 0 fully saturated rings. The molecule has 0 saturated heterocycles. The zero-order valence-corrected chi connectivity index (χ0v) is 17.0. The van der Waals surface area contributed by atoms with Crippen molar-refractivity contribution in [3.8, 4) is 11.1 Å². The molecule has 0 amide bonds. The Morgan fingerprint density at radius 3 is 2.75 bits per heavy atom. The second kappa shape index (κ2) is 7.60. The van der Waals surface area contributed by atoms with Gasteiger partial charge in [0.15, 0.2) is 6.23 Å². The number of rotatable bonds is 3. The topological polar surface area (TPSA) is 64.3 Å². The normalized spacial score (nSPS) is 16.5. The van der Waals surface area contributed by atoms with Crippen molar-refractivity contribution in [1.29, 1.82) is 0 Å². The van der Waals surface area contributed by atoms with Crippen LogP contribution in [0.5, 0.6) is 0 Å². The Morgan fingerprint density at radius 1 is 1.14 bits per heavy atom. The Hall–Kier alpha value is -2.31. The molecule has 5 nitrogen and oxygen atoms in total. The van der Waals surface area contributed by atoms with E-state index in [4.69, 9.17) is 45.3 Å². The van der Waals surface area contributed by atoms with Gasteiger partial charge in [-0.2, -0.15) is 0 Å². The van der Waals surface area contributed by atoms with Gasteiger partial charge in [-0.05, 0) is 42.0 Å². The Kier molecular flexibility index (Phi) is 5.17. The third-order valence-electron chi connectivity index (χ3n) is 4.43. The summed E-state index contributed by atoms with van der Waals surface area (Å²) in [5.74, 6) is 0.228. The van der Waals surface area contributed by atoms with Gasteiger partial charge in [0.05, 0.1) is 26.3 Å². The summed E-state index contributed by atoms with van der Waals surface area (Å²) < 4.78 is 5.52. The first kappa shape index (κ1) is 19.0. The smallest absolute Gasteiger partial charge is 0.220 e. The number of ether oxygens (including phenoxy) is 1.